The highest BCUT2D eigenvalue weighted by molar-refractivity contribution is 5.92. The molecule has 1 aromatic carbocycles. The van der Waals surface area contributed by atoms with Crippen molar-refractivity contribution < 1.29 is 19.0 Å². The molecule has 1 aliphatic heterocycles. The van der Waals surface area contributed by atoms with E-state index in [1.54, 1.807) is 33.5 Å². The van der Waals surface area contributed by atoms with Crippen molar-refractivity contribution in [3.63, 3.8) is 0 Å². The maximum Gasteiger partial charge on any atom is 0.246 e. The van der Waals surface area contributed by atoms with Gasteiger partial charge in [-0.15, -0.1) is 0 Å². The third-order valence-corrected chi connectivity index (χ3v) is 4.49. The zero-order valence-corrected chi connectivity index (χ0v) is 15.0. The molecule has 0 aromatic heterocycles. The molecule has 5 heteroatoms. The summed E-state index contributed by atoms with van der Waals surface area (Å²) in [5.41, 5.74) is 0.836. The van der Waals surface area contributed by atoms with Crippen LogP contribution in [0.3, 0.4) is 0 Å². The molecule has 1 atom stereocenters. The molecule has 0 N–H and O–H groups in total. The number of amides is 1. The third-order valence-electron chi connectivity index (χ3n) is 4.49. The first-order valence-corrected chi connectivity index (χ1v) is 8.43. The van der Waals surface area contributed by atoms with E-state index in [1.807, 2.05) is 17.0 Å². The van der Waals surface area contributed by atoms with E-state index in [-0.39, 0.29) is 5.91 Å². The first kappa shape index (κ1) is 18.2. The number of rotatable bonds is 6. The maximum absolute atomic E-state index is 12.5. The Morgan fingerprint density at radius 1 is 1.17 bits per heavy atom. The van der Waals surface area contributed by atoms with Gasteiger partial charge in [-0.1, -0.05) is 6.92 Å². The van der Waals surface area contributed by atoms with Gasteiger partial charge in [0.2, 0.25) is 11.7 Å². The number of hydrogen-bond donors (Lipinski definition) is 0. The van der Waals surface area contributed by atoms with Crippen LogP contribution in [0.2, 0.25) is 0 Å². The SMILES string of the molecule is CCC1CCCCN1C(=O)/C=C/c1cc(OC)c(OC)c(OC)c1. The topological polar surface area (TPSA) is 48.0 Å². The van der Waals surface area contributed by atoms with Crippen molar-refractivity contribution in [1.29, 1.82) is 0 Å². The van der Waals surface area contributed by atoms with Crippen LogP contribution in [0.4, 0.5) is 0 Å². The number of carbonyl (C=O) groups excluding carboxylic acids is 1. The molecule has 1 unspecified atom stereocenters. The molecule has 5 nitrogen and oxygen atoms in total. The van der Waals surface area contributed by atoms with Crippen molar-refractivity contribution in [2.24, 2.45) is 0 Å². The standard InChI is InChI=1S/C19H27NO4/c1-5-15-8-6-7-11-20(15)18(21)10-9-14-12-16(22-2)19(24-4)17(13-14)23-3/h9-10,12-13,15H,5-8,11H2,1-4H3/b10-9+. The van der Waals surface area contributed by atoms with Gasteiger partial charge in [0.05, 0.1) is 21.3 Å². The van der Waals surface area contributed by atoms with Gasteiger partial charge in [-0.05, 0) is 49.5 Å². The molecule has 1 fully saturated rings. The van der Waals surface area contributed by atoms with Gasteiger partial charge in [0.1, 0.15) is 0 Å². The number of hydrogen-bond acceptors (Lipinski definition) is 4. The summed E-state index contributed by atoms with van der Waals surface area (Å²) in [7, 11) is 4.73. The lowest BCUT2D eigenvalue weighted by Gasteiger charge is -2.34. The van der Waals surface area contributed by atoms with Crippen LogP contribution < -0.4 is 14.2 Å². The van der Waals surface area contributed by atoms with Crippen molar-refractivity contribution in [2.75, 3.05) is 27.9 Å². The van der Waals surface area contributed by atoms with Gasteiger partial charge in [0.25, 0.3) is 0 Å². The molecule has 132 valence electrons. The Balaban J connectivity index is 2.20. The number of piperidine rings is 1. The second-order valence-corrected chi connectivity index (χ2v) is 5.88. The first-order valence-electron chi connectivity index (χ1n) is 8.43. The number of nitrogens with zero attached hydrogens (tertiary/aromatic N) is 1. The fourth-order valence-electron chi connectivity index (χ4n) is 3.18. The quantitative estimate of drug-likeness (QED) is 0.748. The van der Waals surface area contributed by atoms with Crippen LogP contribution in [0.1, 0.15) is 38.2 Å². The molecular formula is C19H27NO4. The molecule has 0 saturated carbocycles. The molecule has 1 heterocycles. The van der Waals surface area contributed by atoms with Crippen LogP contribution in [-0.4, -0.2) is 44.7 Å². The normalized spacial score (nSPS) is 17.8. The van der Waals surface area contributed by atoms with Crippen molar-refractivity contribution in [2.45, 2.75) is 38.6 Å². The van der Waals surface area contributed by atoms with E-state index in [2.05, 4.69) is 6.92 Å². The summed E-state index contributed by atoms with van der Waals surface area (Å²) in [5, 5.41) is 0. The highest BCUT2D eigenvalue weighted by Crippen LogP contribution is 2.38. The fourth-order valence-corrected chi connectivity index (χ4v) is 3.18. The third kappa shape index (κ3) is 4.02. The highest BCUT2D eigenvalue weighted by atomic mass is 16.5. The van der Waals surface area contributed by atoms with Gasteiger partial charge in [-0.2, -0.15) is 0 Å². The second kappa shape index (κ2) is 8.62. The van der Waals surface area contributed by atoms with Crippen molar-refractivity contribution in [3.8, 4) is 17.2 Å². The van der Waals surface area contributed by atoms with E-state index in [4.69, 9.17) is 14.2 Å². The zero-order chi connectivity index (χ0) is 17.5. The predicted octanol–water partition coefficient (Wildman–Crippen LogP) is 3.52. The summed E-state index contributed by atoms with van der Waals surface area (Å²) in [6.45, 7) is 2.98. The van der Waals surface area contributed by atoms with E-state index in [9.17, 15) is 4.79 Å². The van der Waals surface area contributed by atoms with E-state index < -0.39 is 0 Å². The van der Waals surface area contributed by atoms with Crippen LogP contribution in [0.5, 0.6) is 17.2 Å². The fraction of sp³-hybridized carbons (Fsp3) is 0.526. The summed E-state index contributed by atoms with van der Waals surface area (Å²) in [6.07, 6.45) is 7.83. The van der Waals surface area contributed by atoms with E-state index >= 15 is 0 Å². The van der Waals surface area contributed by atoms with Gasteiger partial charge >= 0.3 is 0 Å². The summed E-state index contributed by atoms with van der Waals surface area (Å²) >= 11 is 0. The molecule has 0 spiro atoms. The van der Waals surface area contributed by atoms with Gasteiger partial charge in [-0.3, -0.25) is 4.79 Å². The summed E-state index contributed by atoms with van der Waals surface area (Å²) in [4.78, 5) is 14.5. The lowest BCUT2D eigenvalue weighted by Crippen LogP contribution is -2.42. The van der Waals surface area contributed by atoms with Gasteiger partial charge in [0, 0.05) is 18.7 Å². The highest BCUT2D eigenvalue weighted by Gasteiger charge is 2.23. The monoisotopic (exact) mass is 333 g/mol. The summed E-state index contributed by atoms with van der Waals surface area (Å²) in [6, 6.07) is 4.02. The smallest absolute Gasteiger partial charge is 0.246 e. The summed E-state index contributed by atoms with van der Waals surface area (Å²) < 4.78 is 16.0. The first-order chi connectivity index (χ1) is 11.6. The van der Waals surface area contributed by atoms with Crippen molar-refractivity contribution in [1.82, 2.24) is 4.90 Å². The molecule has 1 amide bonds. The number of ether oxygens (including phenoxy) is 3. The largest absolute Gasteiger partial charge is 0.493 e. The molecule has 0 aliphatic carbocycles. The molecule has 1 saturated heterocycles. The molecule has 2 rings (SSSR count). The van der Waals surface area contributed by atoms with E-state index in [0.29, 0.717) is 23.3 Å². The second-order valence-electron chi connectivity index (χ2n) is 5.88. The Kier molecular flexibility index (Phi) is 6.53. The predicted molar refractivity (Wildman–Crippen MR) is 94.8 cm³/mol. The molecule has 1 aromatic rings. The Hall–Kier alpha value is -2.17. The van der Waals surface area contributed by atoms with Gasteiger partial charge < -0.3 is 19.1 Å². The Morgan fingerprint density at radius 3 is 2.38 bits per heavy atom. The molecule has 0 bridgehead atoms. The molecule has 24 heavy (non-hydrogen) atoms. The number of benzene rings is 1. The van der Waals surface area contributed by atoms with Crippen LogP contribution >= 0.6 is 0 Å². The average Bonchev–Trinajstić information content (AvgIpc) is 2.64. The minimum Gasteiger partial charge on any atom is -0.493 e. The Bertz CT molecular complexity index is 572. The maximum atomic E-state index is 12.5. The van der Waals surface area contributed by atoms with Crippen LogP contribution in [0.15, 0.2) is 18.2 Å². The zero-order valence-electron chi connectivity index (χ0n) is 15.0. The Labute approximate surface area is 144 Å². The van der Waals surface area contributed by atoms with Gasteiger partial charge in [0.15, 0.2) is 11.5 Å². The number of methoxy groups -OCH3 is 3. The summed E-state index contributed by atoms with van der Waals surface area (Å²) in [5.74, 6) is 1.77. The van der Waals surface area contributed by atoms with Crippen molar-refractivity contribution in [3.05, 3.63) is 23.8 Å². The van der Waals surface area contributed by atoms with Crippen LogP contribution in [-0.2, 0) is 4.79 Å². The number of likely N-dealkylation sites (tertiary alicyclic amines) is 1. The molecule has 0 radical (unpaired) electrons. The minimum absolute atomic E-state index is 0.0651. The Morgan fingerprint density at radius 2 is 1.83 bits per heavy atom. The molecule has 1 aliphatic rings. The van der Waals surface area contributed by atoms with Gasteiger partial charge in [-0.25, -0.2) is 0 Å². The van der Waals surface area contributed by atoms with Crippen LogP contribution in [0.25, 0.3) is 6.08 Å². The van der Waals surface area contributed by atoms with Crippen LogP contribution in [0, 0.1) is 0 Å². The van der Waals surface area contributed by atoms with E-state index in [1.165, 1.54) is 6.42 Å². The molecular weight excluding hydrogens is 306 g/mol. The lowest BCUT2D eigenvalue weighted by molar-refractivity contribution is -0.129. The minimum atomic E-state index is 0.0651. The van der Waals surface area contributed by atoms with Crippen molar-refractivity contribution >= 4 is 12.0 Å². The van der Waals surface area contributed by atoms with E-state index in [0.717, 1.165) is 31.4 Å². The average molecular weight is 333 g/mol. The number of carbonyl (C=O) groups is 1. The lowest BCUT2D eigenvalue weighted by atomic mass is 10.00.